The molecule has 1 atom stereocenters. The first-order valence-electron chi connectivity index (χ1n) is 12.2. The summed E-state index contributed by atoms with van der Waals surface area (Å²) >= 11 is 1.46. The van der Waals surface area contributed by atoms with E-state index in [4.69, 9.17) is 9.73 Å². The molecular formula is C31H26N2O2S. The van der Waals surface area contributed by atoms with E-state index in [9.17, 15) is 4.79 Å². The van der Waals surface area contributed by atoms with E-state index < -0.39 is 0 Å². The van der Waals surface area contributed by atoms with Crippen molar-refractivity contribution in [3.63, 3.8) is 0 Å². The number of nitrogens with zero attached hydrogens (tertiary/aromatic N) is 2. The Morgan fingerprint density at radius 3 is 2.31 bits per heavy atom. The summed E-state index contributed by atoms with van der Waals surface area (Å²) in [6, 6.07) is 28.4. The summed E-state index contributed by atoms with van der Waals surface area (Å²) in [4.78, 5) is 19.7. The second-order valence-electron chi connectivity index (χ2n) is 9.07. The molecule has 0 saturated heterocycles. The summed E-state index contributed by atoms with van der Waals surface area (Å²) in [6.45, 7) is 0. The molecule has 0 saturated carbocycles. The van der Waals surface area contributed by atoms with Gasteiger partial charge in [-0.3, -0.25) is 9.36 Å². The lowest BCUT2D eigenvalue weighted by Crippen LogP contribution is -2.39. The predicted octanol–water partition coefficient (Wildman–Crippen LogP) is 5.49. The topological polar surface area (TPSA) is 43.6 Å². The summed E-state index contributed by atoms with van der Waals surface area (Å²) in [6.07, 6.45) is 7.18. The Hall–Kier alpha value is -3.96. The predicted molar refractivity (Wildman–Crippen MR) is 146 cm³/mol. The van der Waals surface area contributed by atoms with Crippen molar-refractivity contribution in [3.8, 4) is 5.75 Å². The van der Waals surface area contributed by atoms with Crippen molar-refractivity contribution in [1.82, 2.24) is 4.57 Å². The van der Waals surface area contributed by atoms with Gasteiger partial charge in [0.15, 0.2) is 4.80 Å². The van der Waals surface area contributed by atoms with E-state index in [1.165, 1.54) is 28.0 Å². The van der Waals surface area contributed by atoms with Gasteiger partial charge in [0, 0.05) is 0 Å². The maximum atomic E-state index is 13.8. The number of allylic oxidation sites excluding steroid dienone is 2. The van der Waals surface area contributed by atoms with Crippen LogP contribution in [0.3, 0.4) is 0 Å². The van der Waals surface area contributed by atoms with Gasteiger partial charge in [-0.2, -0.15) is 0 Å². The molecule has 4 aromatic rings. The van der Waals surface area contributed by atoms with E-state index in [1.54, 1.807) is 7.11 Å². The average molecular weight is 491 g/mol. The van der Waals surface area contributed by atoms with E-state index in [0.717, 1.165) is 46.6 Å². The lowest BCUT2D eigenvalue weighted by Gasteiger charge is -2.31. The molecular weight excluding hydrogens is 464 g/mol. The van der Waals surface area contributed by atoms with Crippen molar-refractivity contribution < 1.29 is 4.74 Å². The zero-order valence-electron chi connectivity index (χ0n) is 20.1. The summed E-state index contributed by atoms with van der Waals surface area (Å²) in [5.74, 6) is 0.795. The molecule has 1 aromatic heterocycles. The van der Waals surface area contributed by atoms with Crippen LogP contribution in [0.1, 0.15) is 42.0 Å². The minimum absolute atomic E-state index is 0.00846. The highest BCUT2D eigenvalue weighted by molar-refractivity contribution is 7.07. The first-order chi connectivity index (χ1) is 17.7. The van der Waals surface area contributed by atoms with E-state index >= 15 is 0 Å². The standard InChI is InChI=1S/C31H26N2O2S/c1-35-25-17-15-22(16-18-25)20-27-30(34)33-29(23-11-6-3-7-12-23)26-14-8-13-24(28(26)32-31(33)36-27)19-21-9-4-2-5-10-21/h2-7,9-12,15-20,29H,8,13-14H2,1H3/b24-19+,27-20?/t29-/m0/s1. The normalized spacial score (nSPS) is 18.5. The molecule has 1 aliphatic heterocycles. The molecule has 5 heteroatoms. The van der Waals surface area contributed by atoms with Crippen molar-refractivity contribution in [2.45, 2.75) is 25.3 Å². The van der Waals surface area contributed by atoms with Crippen LogP contribution in [-0.4, -0.2) is 11.7 Å². The first-order valence-corrected chi connectivity index (χ1v) is 13.0. The van der Waals surface area contributed by atoms with Crippen LogP contribution in [0, 0.1) is 0 Å². The summed E-state index contributed by atoms with van der Waals surface area (Å²) in [5, 5.41) is 0. The number of hydrogen-bond donors (Lipinski definition) is 0. The molecule has 36 heavy (non-hydrogen) atoms. The van der Waals surface area contributed by atoms with Gasteiger partial charge in [0.2, 0.25) is 0 Å². The number of methoxy groups -OCH3 is 1. The Kier molecular flexibility index (Phi) is 5.99. The minimum atomic E-state index is -0.144. The highest BCUT2D eigenvalue weighted by Crippen LogP contribution is 2.40. The van der Waals surface area contributed by atoms with Crippen LogP contribution < -0.4 is 19.6 Å². The monoisotopic (exact) mass is 490 g/mol. The number of thiazole rings is 1. The number of aromatic nitrogens is 1. The van der Waals surface area contributed by atoms with Crippen LogP contribution in [0.5, 0.6) is 5.75 Å². The Labute approximate surface area is 213 Å². The molecule has 0 fully saturated rings. The van der Waals surface area contributed by atoms with Crippen molar-refractivity contribution in [2.24, 2.45) is 4.99 Å². The molecule has 0 radical (unpaired) electrons. The van der Waals surface area contributed by atoms with Gasteiger partial charge in [-0.1, -0.05) is 84.1 Å². The number of hydrogen-bond acceptors (Lipinski definition) is 4. The van der Waals surface area contributed by atoms with Crippen LogP contribution in [0.2, 0.25) is 0 Å². The second kappa shape index (κ2) is 9.59. The second-order valence-corrected chi connectivity index (χ2v) is 10.1. The fourth-order valence-electron chi connectivity index (χ4n) is 5.09. The van der Waals surface area contributed by atoms with Gasteiger partial charge in [-0.05, 0) is 71.4 Å². The Morgan fingerprint density at radius 1 is 0.889 bits per heavy atom. The van der Waals surface area contributed by atoms with Gasteiger partial charge in [-0.15, -0.1) is 0 Å². The maximum Gasteiger partial charge on any atom is 0.271 e. The Morgan fingerprint density at radius 2 is 1.58 bits per heavy atom. The summed E-state index contributed by atoms with van der Waals surface area (Å²) in [7, 11) is 1.65. The lowest BCUT2D eigenvalue weighted by atomic mass is 9.84. The van der Waals surface area contributed by atoms with Crippen LogP contribution in [0.15, 0.2) is 112 Å². The molecule has 1 aliphatic carbocycles. The largest absolute Gasteiger partial charge is 0.497 e. The number of fused-ring (bicyclic) bond motifs is 1. The van der Waals surface area contributed by atoms with E-state index in [2.05, 4.69) is 42.5 Å². The van der Waals surface area contributed by atoms with Crippen LogP contribution >= 0.6 is 11.3 Å². The zero-order valence-corrected chi connectivity index (χ0v) is 20.9. The molecule has 0 unspecified atom stereocenters. The van der Waals surface area contributed by atoms with Crippen LogP contribution in [0.25, 0.3) is 12.2 Å². The smallest absolute Gasteiger partial charge is 0.271 e. The van der Waals surface area contributed by atoms with Crippen molar-refractivity contribution >= 4 is 23.5 Å². The highest BCUT2D eigenvalue weighted by Gasteiger charge is 2.32. The molecule has 2 heterocycles. The molecule has 0 N–H and O–H groups in total. The van der Waals surface area contributed by atoms with Crippen LogP contribution in [0.4, 0.5) is 0 Å². The minimum Gasteiger partial charge on any atom is -0.497 e. The van der Waals surface area contributed by atoms with Crippen LogP contribution in [-0.2, 0) is 0 Å². The Bertz CT molecular complexity index is 1640. The molecule has 3 aromatic carbocycles. The SMILES string of the molecule is COc1ccc(C=c2sc3n(c2=O)[C@@H](c2ccccc2)C2=C(N=3)/C(=C/c3ccccc3)CCC2)cc1. The number of benzene rings is 3. The van der Waals surface area contributed by atoms with Gasteiger partial charge >= 0.3 is 0 Å². The van der Waals surface area contributed by atoms with E-state index in [1.807, 2.05) is 59.2 Å². The average Bonchev–Trinajstić information content (AvgIpc) is 3.23. The van der Waals surface area contributed by atoms with Crippen molar-refractivity contribution in [2.75, 3.05) is 7.11 Å². The molecule has 0 amide bonds. The third-order valence-corrected chi connectivity index (χ3v) is 7.79. The maximum absolute atomic E-state index is 13.8. The number of ether oxygens (including phenoxy) is 1. The zero-order chi connectivity index (χ0) is 24.5. The highest BCUT2D eigenvalue weighted by atomic mass is 32.1. The van der Waals surface area contributed by atoms with E-state index in [0.29, 0.717) is 4.53 Å². The lowest BCUT2D eigenvalue weighted by molar-refractivity contribution is 0.415. The third kappa shape index (κ3) is 4.16. The molecule has 2 aliphatic rings. The van der Waals surface area contributed by atoms with Crippen molar-refractivity contribution in [1.29, 1.82) is 0 Å². The van der Waals surface area contributed by atoms with Gasteiger partial charge in [0.25, 0.3) is 5.56 Å². The molecule has 6 rings (SSSR count). The summed E-state index contributed by atoms with van der Waals surface area (Å²) < 4.78 is 7.87. The molecule has 0 bridgehead atoms. The van der Waals surface area contributed by atoms with E-state index in [-0.39, 0.29) is 11.6 Å². The van der Waals surface area contributed by atoms with Gasteiger partial charge < -0.3 is 4.74 Å². The molecule has 178 valence electrons. The number of rotatable bonds is 4. The van der Waals surface area contributed by atoms with Gasteiger partial charge in [-0.25, -0.2) is 4.99 Å². The Balaban J connectivity index is 1.55. The first kappa shape index (κ1) is 22.5. The summed E-state index contributed by atoms with van der Waals surface area (Å²) in [5.41, 5.74) is 6.80. The third-order valence-electron chi connectivity index (χ3n) is 6.80. The van der Waals surface area contributed by atoms with Crippen molar-refractivity contribution in [3.05, 3.63) is 138 Å². The quantitative estimate of drug-likeness (QED) is 0.380. The molecule has 4 nitrogen and oxygen atoms in total. The van der Waals surface area contributed by atoms with Gasteiger partial charge in [0.1, 0.15) is 5.75 Å². The fourth-order valence-corrected chi connectivity index (χ4v) is 6.10. The molecule has 0 spiro atoms. The fraction of sp³-hybridized carbons (Fsp3) is 0.161. The van der Waals surface area contributed by atoms with Gasteiger partial charge in [0.05, 0.1) is 23.4 Å².